The van der Waals surface area contributed by atoms with Gasteiger partial charge >= 0.3 is 11.9 Å². The summed E-state index contributed by atoms with van der Waals surface area (Å²) in [5, 5.41) is 10.4. The highest BCUT2D eigenvalue weighted by Gasteiger charge is 2.49. The van der Waals surface area contributed by atoms with Gasteiger partial charge in [0.25, 0.3) is 0 Å². The molecule has 9 nitrogen and oxygen atoms in total. The Morgan fingerprint density at radius 2 is 1.81 bits per heavy atom. The van der Waals surface area contributed by atoms with Gasteiger partial charge in [0, 0.05) is 24.3 Å². The van der Waals surface area contributed by atoms with E-state index in [4.69, 9.17) is 28.4 Å². The summed E-state index contributed by atoms with van der Waals surface area (Å²) in [7, 11) is 2.88. The van der Waals surface area contributed by atoms with Gasteiger partial charge < -0.3 is 33.5 Å². The van der Waals surface area contributed by atoms with Crippen LogP contribution in [0.1, 0.15) is 29.5 Å². The van der Waals surface area contributed by atoms with E-state index in [2.05, 4.69) is 0 Å². The molecule has 2 heterocycles. The van der Waals surface area contributed by atoms with E-state index in [1.165, 1.54) is 21.1 Å². The number of methoxy groups -OCH3 is 2. The Morgan fingerprint density at radius 1 is 1.09 bits per heavy atom. The first-order valence-corrected chi connectivity index (χ1v) is 10.2. The molecule has 0 bridgehead atoms. The minimum atomic E-state index is -0.485. The fraction of sp³-hybridized carbons (Fsp3) is 0.391. The largest absolute Gasteiger partial charge is 0.502 e. The van der Waals surface area contributed by atoms with Gasteiger partial charge in [-0.3, -0.25) is 9.59 Å². The third kappa shape index (κ3) is 2.99. The highest BCUT2D eigenvalue weighted by atomic mass is 16.7. The quantitative estimate of drug-likeness (QED) is 0.564. The number of hydrogen-bond acceptors (Lipinski definition) is 9. The van der Waals surface area contributed by atoms with Gasteiger partial charge in [0.1, 0.15) is 0 Å². The normalized spacial score (nSPS) is 22.6. The molecule has 1 fully saturated rings. The van der Waals surface area contributed by atoms with E-state index in [9.17, 15) is 14.7 Å². The summed E-state index contributed by atoms with van der Waals surface area (Å²) < 4.78 is 32.8. The summed E-state index contributed by atoms with van der Waals surface area (Å²) in [4.78, 5) is 24.7. The summed E-state index contributed by atoms with van der Waals surface area (Å²) in [6, 6.07) is 5.18. The monoisotopic (exact) mass is 442 g/mol. The number of rotatable bonds is 4. The van der Waals surface area contributed by atoms with Crippen molar-refractivity contribution in [1.82, 2.24) is 0 Å². The summed E-state index contributed by atoms with van der Waals surface area (Å²) >= 11 is 0. The molecule has 5 rings (SSSR count). The van der Waals surface area contributed by atoms with E-state index < -0.39 is 17.8 Å². The average molecular weight is 442 g/mol. The van der Waals surface area contributed by atoms with E-state index in [0.717, 1.165) is 11.1 Å². The van der Waals surface area contributed by atoms with Gasteiger partial charge in [-0.2, -0.15) is 0 Å². The predicted octanol–water partition coefficient (Wildman–Crippen LogP) is 2.54. The molecule has 32 heavy (non-hydrogen) atoms. The first-order chi connectivity index (χ1) is 15.4. The molecule has 2 aromatic rings. The summed E-state index contributed by atoms with van der Waals surface area (Å²) in [6.07, 6.45) is 0.480. The molecule has 2 aliphatic heterocycles. The van der Waals surface area contributed by atoms with Gasteiger partial charge in [-0.15, -0.1) is 0 Å². The van der Waals surface area contributed by atoms with Crippen LogP contribution in [0.2, 0.25) is 0 Å². The fourth-order valence-corrected chi connectivity index (χ4v) is 4.92. The topological polar surface area (TPSA) is 110 Å². The van der Waals surface area contributed by atoms with Crippen molar-refractivity contribution in [2.24, 2.45) is 11.8 Å². The Hall–Kier alpha value is -3.62. The van der Waals surface area contributed by atoms with Crippen molar-refractivity contribution in [3.63, 3.8) is 0 Å². The van der Waals surface area contributed by atoms with Crippen molar-refractivity contribution in [1.29, 1.82) is 0 Å². The van der Waals surface area contributed by atoms with Crippen LogP contribution in [0.5, 0.6) is 34.5 Å². The van der Waals surface area contributed by atoms with E-state index in [1.54, 1.807) is 12.1 Å². The van der Waals surface area contributed by atoms with E-state index >= 15 is 0 Å². The van der Waals surface area contributed by atoms with Crippen molar-refractivity contribution in [3.05, 3.63) is 34.9 Å². The fourth-order valence-electron chi connectivity index (χ4n) is 4.92. The molecule has 0 saturated carbocycles. The van der Waals surface area contributed by atoms with Crippen molar-refractivity contribution in [3.8, 4) is 34.5 Å². The van der Waals surface area contributed by atoms with Crippen molar-refractivity contribution in [2.75, 3.05) is 27.6 Å². The molecule has 0 spiro atoms. The van der Waals surface area contributed by atoms with Crippen LogP contribution in [0.15, 0.2) is 18.2 Å². The molecule has 1 N–H and O–H groups in total. The van der Waals surface area contributed by atoms with Gasteiger partial charge in [0.2, 0.25) is 18.3 Å². The third-order valence-electron chi connectivity index (χ3n) is 6.24. The van der Waals surface area contributed by atoms with E-state index in [0.29, 0.717) is 29.2 Å². The maximum Gasteiger partial charge on any atom is 0.310 e. The number of carbonyl (C=O) groups excluding carboxylic acids is 2. The lowest BCUT2D eigenvalue weighted by Crippen LogP contribution is -2.32. The smallest absolute Gasteiger partial charge is 0.310 e. The van der Waals surface area contributed by atoms with Crippen LogP contribution in [-0.2, 0) is 20.7 Å². The van der Waals surface area contributed by atoms with Crippen molar-refractivity contribution < 1.29 is 43.1 Å². The Kier molecular flexibility index (Phi) is 4.76. The number of benzene rings is 2. The lowest BCUT2D eigenvalue weighted by Gasteiger charge is -2.34. The van der Waals surface area contributed by atoms with Crippen LogP contribution in [0.4, 0.5) is 0 Å². The lowest BCUT2D eigenvalue weighted by atomic mass is 9.67. The first kappa shape index (κ1) is 20.3. The lowest BCUT2D eigenvalue weighted by molar-refractivity contribution is -0.141. The molecule has 1 aliphatic carbocycles. The Labute approximate surface area is 183 Å². The van der Waals surface area contributed by atoms with Gasteiger partial charge in [0.05, 0.1) is 26.7 Å². The average Bonchev–Trinajstić information content (AvgIpc) is 3.39. The Morgan fingerprint density at radius 3 is 2.47 bits per heavy atom. The maximum atomic E-state index is 12.8. The number of cyclic esters (lactones) is 1. The van der Waals surface area contributed by atoms with Gasteiger partial charge in [-0.25, -0.2) is 0 Å². The second-order valence-corrected chi connectivity index (χ2v) is 7.97. The molecule has 0 radical (unpaired) electrons. The number of esters is 2. The number of fused-ring (bicyclic) bond motifs is 3. The number of aromatic hydroxyl groups is 1. The first-order valence-electron chi connectivity index (χ1n) is 10.2. The zero-order valence-electron chi connectivity index (χ0n) is 17.8. The third-order valence-corrected chi connectivity index (χ3v) is 6.24. The number of ether oxygens (including phenoxy) is 6. The van der Waals surface area contributed by atoms with Gasteiger partial charge in [-0.05, 0) is 35.7 Å². The summed E-state index contributed by atoms with van der Waals surface area (Å²) in [5.74, 6) is -0.418. The highest BCUT2D eigenvalue weighted by molar-refractivity contribution is 5.80. The van der Waals surface area contributed by atoms with E-state index in [-0.39, 0.29) is 42.5 Å². The summed E-state index contributed by atoms with van der Waals surface area (Å²) in [5.41, 5.74) is 2.22. The second kappa shape index (κ2) is 7.51. The second-order valence-electron chi connectivity index (χ2n) is 7.97. The molecule has 3 aliphatic rings. The predicted molar refractivity (Wildman–Crippen MR) is 109 cm³/mol. The molecule has 0 amide bonds. The van der Waals surface area contributed by atoms with Crippen LogP contribution >= 0.6 is 0 Å². The molecule has 0 unspecified atom stereocenters. The minimum absolute atomic E-state index is 0.00686. The minimum Gasteiger partial charge on any atom is -0.502 e. The molecule has 3 atom stereocenters. The van der Waals surface area contributed by atoms with Crippen LogP contribution in [0, 0.1) is 11.8 Å². The zero-order valence-corrected chi connectivity index (χ0v) is 17.8. The van der Waals surface area contributed by atoms with Crippen LogP contribution < -0.4 is 23.7 Å². The van der Waals surface area contributed by atoms with Crippen molar-refractivity contribution >= 4 is 11.9 Å². The maximum absolute atomic E-state index is 12.8. The summed E-state index contributed by atoms with van der Waals surface area (Å²) in [6.45, 7) is 1.59. The van der Waals surface area contributed by atoms with Gasteiger partial charge in [-0.1, -0.05) is 0 Å². The SMILES string of the molecule is COc1cc([C@@H]2c3cc4c(c(OC(C)=O)c3C[C@H]3COC(=O)[C@@H]32)OCO4)cc(OC)c1O. The molecule has 0 aromatic heterocycles. The molecule has 1 saturated heterocycles. The Balaban J connectivity index is 1.76. The molecular weight excluding hydrogens is 420 g/mol. The van der Waals surface area contributed by atoms with E-state index in [1.807, 2.05) is 6.07 Å². The Bertz CT molecular complexity index is 1100. The number of carbonyl (C=O) groups is 2. The molecule has 168 valence electrons. The zero-order chi connectivity index (χ0) is 22.6. The van der Waals surface area contributed by atoms with Crippen LogP contribution in [0.3, 0.4) is 0 Å². The number of phenols is 1. The highest BCUT2D eigenvalue weighted by Crippen LogP contribution is 2.56. The van der Waals surface area contributed by atoms with Crippen LogP contribution in [-0.4, -0.2) is 44.7 Å². The molecule has 2 aromatic carbocycles. The number of hydrogen-bond donors (Lipinski definition) is 1. The van der Waals surface area contributed by atoms with Crippen LogP contribution in [0.25, 0.3) is 0 Å². The number of phenolic OH excluding ortho intramolecular Hbond substituents is 1. The molecular formula is C23H22O9. The van der Waals surface area contributed by atoms with Gasteiger partial charge in [0.15, 0.2) is 23.0 Å². The molecule has 9 heteroatoms. The van der Waals surface area contributed by atoms with Crippen molar-refractivity contribution in [2.45, 2.75) is 19.3 Å². The standard InChI is InChI=1S/C23H22O9/c1-10(24)32-21-14-4-12-8-29-23(26)19(12)18(13(14)7-17-22(21)31-9-30-17)11-5-15(27-2)20(25)16(6-11)28-3/h5-7,12,18-19,25H,4,8-9H2,1-3H3/t12-,18+,19-/m0/s1.